The molecule has 13 heteroatoms. The molecule has 2 rings (SSSR count). The zero-order chi connectivity index (χ0) is 30.7. The van der Waals surface area contributed by atoms with Gasteiger partial charge in [0.25, 0.3) is 5.91 Å². The fourth-order valence-corrected chi connectivity index (χ4v) is 3.63. The minimum atomic E-state index is -1.45. The number of nitrogen functional groups attached to an aromatic ring is 1. The van der Waals surface area contributed by atoms with Crippen LogP contribution in [0.1, 0.15) is 58.1 Å². The van der Waals surface area contributed by atoms with Crippen molar-refractivity contribution in [2.75, 3.05) is 11.9 Å². The Hall–Kier alpha value is -4.94. The van der Waals surface area contributed by atoms with Gasteiger partial charge in [-0.15, -0.1) is 0 Å². The predicted molar refractivity (Wildman–Crippen MR) is 151 cm³/mol. The van der Waals surface area contributed by atoms with Crippen LogP contribution in [0.15, 0.2) is 48.5 Å². The zero-order valence-corrected chi connectivity index (χ0v) is 23.6. The van der Waals surface area contributed by atoms with E-state index in [2.05, 4.69) is 16.1 Å². The minimum absolute atomic E-state index is 0.0335. The Balaban J connectivity index is 2.30. The first-order valence-electron chi connectivity index (χ1n) is 12.9. The van der Waals surface area contributed by atoms with E-state index in [4.69, 9.17) is 20.6 Å². The number of hydrogen-bond acceptors (Lipinski definition) is 8. The van der Waals surface area contributed by atoms with Crippen LogP contribution in [-0.2, 0) is 23.9 Å². The molecule has 0 aliphatic heterocycles. The highest BCUT2D eigenvalue weighted by Gasteiger charge is 2.31. The third kappa shape index (κ3) is 10.6. The molecule has 220 valence electrons. The molecule has 4 amide bonds. The normalized spacial score (nSPS) is 11.3. The summed E-state index contributed by atoms with van der Waals surface area (Å²) in [6.45, 7) is 7.49. The number of rotatable bonds is 11. The van der Waals surface area contributed by atoms with Crippen LogP contribution in [-0.4, -0.2) is 59.3 Å². The Morgan fingerprint density at radius 2 is 1.59 bits per heavy atom. The summed E-state index contributed by atoms with van der Waals surface area (Å²) < 4.78 is 10.6. The summed E-state index contributed by atoms with van der Waals surface area (Å²) in [6.07, 6.45) is -1.02. The maximum absolute atomic E-state index is 13.5. The number of nitrogens with zero attached hydrogens (tertiary/aromatic N) is 1. The predicted octanol–water partition coefficient (Wildman–Crippen LogP) is 2.41. The van der Waals surface area contributed by atoms with Gasteiger partial charge in [-0.05, 0) is 55.7 Å². The van der Waals surface area contributed by atoms with E-state index >= 15 is 0 Å². The number of anilines is 1. The summed E-state index contributed by atoms with van der Waals surface area (Å²) in [6, 6.07) is 10.5. The molecule has 0 bridgehead atoms. The molecule has 0 unspecified atom stereocenters. The van der Waals surface area contributed by atoms with E-state index in [1.165, 1.54) is 24.3 Å². The van der Waals surface area contributed by atoms with Gasteiger partial charge < -0.3 is 25.8 Å². The maximum Gasteiger partial charge on any atom is 0.338 e. The highest BCUT2D eigenvalue weighted by molar-refractivity contribution is 5.97. The molecule has 0 aliphatic carbocycles. The van der Waals surface area contributed by atoms with E-state index in [9.17, 15) is 24.0 Å². The van der Waals surface area contributed by atoms with Crippen molar-refractivity contribution >= 4 is 41.3 Å². The van der Waals surface area contributed by atoms with Gasteiger partial charge in [0.2, 0.25) is 5.91 Å². The Morgan fingerprint density at radius 3 is 2.15 bits per heavy atom. The summed E-state index contributed by atoms with van der Waals surface area (Å²) in [5, 5.41) is 13.0. The SMILES string of the molecule is CC(=O)N[C@@H](CC(=O)OC(C)C)C(=O)N(CC(=O)Oc1ccccc1C(C)C)NC(=O)Nc1ccc(C(=N)N)cc1. The summed E-state index contributed by atoms with van der Waals surface area (Å²) in [7, 11) is 0. The Kier molecular flexibility index (Phi) is 11.8. The molecular weight excluding hydrogens is 532 g/mol. The number of nitrogens with two attached hydrogens (primary N) is 1. The largest absolute Gasteiger partial charge is 0.463 e. The van der Waals surface area contributed by atoms with E-state index in [0.717, 1.165) is 12.5 Å². The van der Waals surface area contributed by atoms with Crippen molar-refractivity contribution in [3.05, 3.63) is 59.7 Å². The first kappa shape index (κ1) is 32.3. The molecule has 1 atom stereocenters. The number of amidine groups is 1. The molecule has 13 nitrogen and oxygen atoms in total. The Labute approximate surface area is 238 Å². The van der Waals surface area contributed by atoms with Gasteiger partial charge in [-0.3, -0.25) is 19.8 Å². The highest BCUT2D eigenvalue weighted by Crippen LogP contribution is 2.26. The number of carbonyl (C=O) groups excluding carboxylic acids is 5. The standard InChI is InChI=1S/C28H36N6O7/c1-16(2)21-8-6-7-9-23(21)41-25(37)15-34(27(38)22(31-18(5)35)14-24(36)40-17(3)4)33-28(39)32-20-12-10-19(11-13-20)26(29)30/h6-13,16-17,22H,14-15H2,1-5H3,(H3,29,30)(H,31,35)(H2,32,33,39)/t22-/m0/s1. The molecule has 6 N–H and O–H groups in total. The van der Waals surface area contributed by atoms with Crippen LogP contribution in [0.3, 0.4) is 0 Å². The first-order chi connectivity index (χ1) is 19.3. The number of benzene rings is 2. The topological polar surface area (TPSA) is 193 Å². The first-order valence-corrected chi connectivity index (χ1v) is 12.9. The van der Waals surface area contributed by atoms with Crippen LogP contribution in [0.5, 0.6) is 5.75 Å². The van der Waals surface area contributed by atoms with Crippen molar-refractivity contribution < 1.29 is 33.4 Å². The van der Waals surface area contributed by atoms with Crippen LogP contribution in [0.2, 0.25) is 0 Å². The molecule has 41 heavy (non-hydrogen) atoms. The zero-order valence-electron chi connectivity index (χ0n) is 23.6. The highest BCUT2D eigenvalue weighted by atomic mass is 16.5. The molecule has 2 aromatic carbocycles. The number of amides is 4. The maximum atomic E-state index is 13.5. The smallest absolute Gasteiger partial charge is 0.338 e. The molecule has 0 aliphatic rings. The van der Waals surface area contributed by atoms with E-state index in [0.29, 0.717) is 16.3 Å². The average molecular weight is 569 g/mol. The van der Waals surface area contributed by atoms with Crippen LogP contribution in [0, 0.1) is 5.41 Å². The van der Waals surface area contributed by atoms with Gasteiger partial charge in [0, 0.05) is 18.2 Å². The average Bonchev–Trinajstić information content (AvgIpc) is 2.87. The van der Waals surface area contributed by atoms with E-state index in [-0.39, 0.29) is 17.5 Å². The van der Waals surface area contributed by atoms with Gasteiger partial charge in [0.15, 0.2) is 0 Å². The molecule has 0 radical (unpaired) electrons. The van der Waals surface area contributed by atoms with E-state index < -0.39 is 54.9 Å². The molecule has 0 spiro atoms. The van der Waals surface area contributed by atoms with E-state index in [1.54, 1.807) is 38.1 Å². The number of esters is 2. The van der Waals surface area contributed by atoms with Gasteiger partial charge in [-0.2, -0.15) is 0 Å². The fraction of sp³-hybridized carbons (Fsp3) is 0.357. The summed E-state index contributed by atoms with van der Waals surface area (Å²) >= 11 is 0. The van der Waals surface area contributed by atoms with Crippen molar-refractivity contribution in [1.29, 1.82) is 5.41 Å². The van der Waals surface area contributed by atoms with Gasteiger partial charge in [0.05, 0.1) is 12.5 Å². The molecule has 0 saturated carbocycles. The van der Waals surface area contributed by atoms with Gasteiger partial charge >= 0.3 is 18.0 Å². The van der Waals surface area contributed by atoms with Crippen molar-refractivity contribution in [3.8, 4) is 5.75 Å². The summed E-state index contributed by atoms with van der Waals surface area (Å²) in [4.78, 5) is 63.4. The Bertz CT molecular complexity index is 1280. The van der Waals surface area contributed by atoms with Crippen molar-refractivity contribution in [2.24, 2.45) is 5.73 Å². The number of hydrogen-bond donors (Lipinski definition) is 5. The number of urea groups is 1. The van der Waals surface area contributed by atoms with Crippen molar-refractivity contribution in [3.63, 3.8) is 0 Å². The van der Waals surface area contributed by atoms with Gasteiger partial charge in [0.1, 0.15) is 24.2 Å². The van der Waals surface area contributed by atoms with Gasteiger partial charge in [-0.25, -0.2) is 20.0 Å². The summed E-state index contributed by atoms with van der Waals surface area (Å²) in [5.41, 5.74) is 9.22. The number of nitrogens with one attached hydrogen (secondary N) is 4. The minimum Gasteiger partial charge on any atom is -0.463 e. The van der Waals surface area contributed by atoms with E-state index in [1.807, 2.05) is 13.8 Å². The lowest BCUT2D eigenvalue weighted by Crippen LogP contribution is -2.57. The molecule has 0 heterocycles. The third-order valence-corrected chi connectivity index (χ3v) is 5.42. The quantitative estimate of drug-likeness (QED) is 0.0896. The lowest BCUT2D eigenvalue weighted by atomic mass is 10.0. The van der Waals surface area contributed by atoms with Crippen molar-refractivity contribution in [1.82, 2.24) is 15.8 Å². The molecule has 0 fully saturated rings. The number of para-hydroxylation sites is 1. The van der Waals surface area contributed by atoms with Crippen molar-refractivity contribution in [2.45, 2.75) is 59.1 Å². The summed E-state index contributed by atoms with van der Waals surface area (Å²) in [5.74, 6) is -3.07. The third-order valence-electron chi connectivity index (χ3n) is 5.42. The molecule has 2 aromatic rings. The van der Waals surface area contributed by atoms with Crippen LogP contribution in [0.4, 0.5) is 10.5 Å². The lowest BCUT2D eigenvalue weighted by molar-refractivity contribution is -0.152. The number of hydrazine groups is 1. The molecule has 0 saturated heterocycles. The molecule has 0 aromatic heterocycles. The molecular formula is C28H36N6O7. The second-order valence-electron chi connectivity index (χ2n) is 9.64. The van der Waals surface area contributed by atoms with Crippen LogP contribution < -0.4 is 26.5 Å². The number of carbonyl (C=O) groups is 5. The monoisotopic (exact) mass is 568 g/mol. The Morgan fingerprint density at radius 1 is 0.951 bits per heavy atom. The number of ether oxygens (including phenoxy) is 2. The van der Waals surface area contributed by atoms with Crippen LogP contribution in [0.25, 0.3) is 0 Å². The second-order valence-corrected chi connectivity index (χ2v) is 9.64. The second kappa shape index (κ2) is 15.0. The fourth-order valence-electron chi connectivity index (χ4n) is 3.63. The lowest BCUT2D eigenvalue weighted by Gasteiger charge is -2.27. The van der Waals surface area contributed by atoms with Gasteiger partial charge in [-0.1, -0.05) is 32.0 Å². The van der Waals surface area contributed by atoms with Crippen LogP contribution >= 0.6 is 0 Å².